The Bertz CT molecular complexity index is 543. The maximum atomic E-state index is 6.17. The van der Waals surface area contributed by atoms with Crippen molar-refractivity contribution in [2.45, 2.75) is 50.5 Å². The molecular weight excluding hydrogens is 280 g/mol. The van der Waals surface area contributed by atoms with E-state index >= 15 is 0 Å². The molecule has 0 amide bonds. The van der Waals surface area contributed by atoms with Gasteiger partial charge in [-0.05, 0) is 30.9 Å². The number of rotatable bonds is 5. The molecule has 0 radical (unpaired) electrons. The summed E-state index contributed by atoms with van der Waals surface area (Å²) in [6, 6.07) is 13.3. The molecule has 21 heavy (non-hydrogen) atoms. The smallest absolute Gasteiger partial charge is 0.0631 e. The fourth-order valence-electron chi connectivity index (χ4n) is 3.27. The number of hydrogen-bond acceptors (Lipinski definition) is 1. The zero-order valence-electron chi connectivity index (χ0n) is 12.4. The summed E-state index contributed by atoms with van der Waals surface area (Å²) in [7, 11) is 0. The highest BCUT2D eigenvalue weighted by atomic mass is 35.5. The van der Waals surface area contributed by atoms with Crippen molar-refractivity contribution in [1.29, 1.82) is 0 Å². The molecule has 1 fully saturated rings. The SMILES string of the molecule is ClCC(Cc1ccn(C2CCCCC2)n1)c1ccccc1. The number of halogens is 1. The fourth-order valence-corrected chi connectivity index (χ4v) is 3.56. The minimum absolute atomic E-state index is 0.350. The van der Waals surface area contributed by atoms with Gasteiger partial charge in [-0.3, -0.25) is 4.68 Å². The van der Waals surface area contributed by atoms with Crippen molar-refractivity contribution in [3.05, 3.63) is 53.9 Å². The van der Waals surface area contributed by atoms with E-state index in [9.17, 15) is 0 Å². The minimum atomic E-state index is 0.350. The summed E-state index contributed by atoms with van der Waals surface area (Å²) < 4.78 is 2.19. The van der Waals surface area contributed by atoms with Crippen molar-refractivity contribution >= 4 is 11.6 Å². The van der Waals surface area contributed by atoms with E-state index in [-0.39, 0.29) is 0 Å². The molecule has 112 valence electrons. The molecule has 1 atom stereocenters. The van der Waals surface area contributed by atoms with Crippen molar-refractivity contribution in [3.8, 4) is 0 Å². The molecular formula is C18H23ClN2. The van der Waals surface area contributed by atoms with Crippen LogP contribution in [0.5, 0.6) is 0 Å². The molecule has 0 spiro atoms. The number of hydrogen-bond donors (Lipinski definition) is 0. The summed E-state index contributed by atoms with van der Waals surface area (Å²) >= 11 is 6.17. The van der Waals surface area contributed by atoms with E-state index in [2.05, 4.69) is 41.2 Å². The molecule has 2 nitrogen and oxygen atoms in total. The summed E-state index contributed by atoms with van der Waals surface area (Å²) in [5, 5.41) is 4.81. The van der Waals surface area contributed by atoms with Crippen LogP contribution < -0.4 is 0 Å². The lowest BCUT2D eigenvalue weighted by Gasteiger charge is -2.22. The molecule has 0 N–H and O–H groups in total. The van der Waals surface area contributed by atoms with Crippen LogP contribution in [-0.4, -0.2) is 15.7 Å². The van der Waals surface area contributed by atoms with Gasteiger partial charge >= 0.3 is 0 Å². The van der Waals surface area contributed by atoms with Crippen molar-refractivity contribution in [2.24, 2.45) is 0 Å². The van der Waals surface area contributed by atoms with Gasteiger partial charge in [-0.25, -0.2) is 0 Å². The van der Waals surface area contributed by atoms with Crippen molar-refractivity contribution in [2.75, 3.05) is 5.88 Å². The van der Waals surface area contributed by atoms with E-state index in [4.69, 9.17) is 16.7 Å². The molecule has 1 saturated carbocycles. The third-order valence-electron chi connectivity index (χ3n) is 4.53. The van der Waals surface area contributed by atoms with Crippen molar-refractivity contribution in [1.82, 2.24) is 9.78 Å². The second-order valence-corrected chi connectivity index (χ2v) is 6.35. The van der Waals surface area contributed by atoms with E-state index in [1.807, 2.05) is 6.07 Å². The maximum Gasteiger partial charge on any atom is 0.0631 e. The molecule has 1 unspecified atom stereocenters. The van der Waals surface area contributed by atoms with Crippen LogP contribution in [0, 0.1) is 0 Å². The number of benzene rings is 1. The van der Waals surface area contributed by atoms with Crippen LogP contribution >= 0.6 is 11.6 Å². The maximum absolute atomic E-state index is 6.17. The van der Waals surface area contributed by atoms with Gasteiger partial charge in [0.15, 0.2) is 0 Å². The Morgan fingerprint density at radius 1 is 1.10 bits per heavy atom. The van der Waals surface area contributed by atoms with Gasteiger partial charge in [-0.2, -0.15) is 5.10 Å². The number of alkyl halides is 1. The standard InChI is InChI=1S/C18H23ClN2/c19-14-16(15-7-3-1-4-8-15)13-17-11-12-21(20-17)18-9-5-2-6-10-18/h1,3-4,7-8,11-12,16,18H,2,5-6,9-10,13-14H2. The summed E-state index contributed by atoms with van der Waals surface area (Å²) in [4.78, 5) is 0. The van der Waals surface area contributed by atoms with Crippen LogP contribution in [0.4, 0.5) is 0 Å². The van der Waals surface area contributed by atoms with Crippen LogP contribution in [0.1, 0.15) is 55.3 Å². The Morgan fingerprint density at radius 3 is 2.57 bits per heavy atom. The first-order chi connectivity index (χ1) is 10.4. The Labute approximate surface area is 132 Å². The highest BCUT2D eigenvalue weighted by Gasteiger charge is 2.17. The first kappa shape index (κ1) is 14.6. The molecule has 0 aliphatic heterocycles. The third-order valence-corrected chi connectivity index (χ3v) is 4.90. The molecule has 0 bridgehead atoms. The summed E-state index contributed by atoms with van der Waals surface area (Å²) in [5.74, 6) is 0.989. The molecule has 3 heteroatoms. The van der Waals surface area contributed by atoms with Gasteiger partial charge in [-0.1, -0.05) is 49.6 Å². The molecule has 1 heterocycles. The normalized spacial score (nSPS) is 17.8. The number of nitrogens with zero attached hydrogens (tertiary/aromatic N) is 2. The van der Waals surface area contributed by atoms with E-state index < -0.39 is 0 Å². The molecule has 1 aliphatic rings. The number of aromatic nitrogens is 2. The predicted molar refractivity (Wildman–Crippen MR) is 88.0 cm³/mol. The molecule has 1 aliphatic carbocycles. The molecule has 2 aromatic rings. The topological polar surface area (TPSA) is 17.8 Å². The van der Waals surface area contributed by atoms with Crippen LogP contribution in [0.2, 0.25) is 0 Å². The lowest BCUT2D eigenvalue weighted by Crippen LogP contribution is -2.14. The summed E-state index contributed by atoms with van der Waals surface area (Å²) in [6.07, 6.45) is 9.70. The summed E-state index contributed by atoms with van der Waals surface area (Å²) in [6.45, 7) is 0. The van der Waals surface area contributed by atoms with Gasteiger partial charge in [0.25, 0.3) is 0 Å². The largest absolute Gasteiger partial charge is 0.269 e. The highest BCUT2D eigenvalue weighted by Crippen LogP contribution is 2.28. The first-order valence-corrected chi connectivity index (χ1v) is 8.55. The lowest BCUT2D eigenvalue weighted by atomic mass is 9.96. The average molecular weight is 303 g/mol. The van der Waals surface area contributed by atoms with Crippen LogP contribution in [0.25, 0.3) is 0 Å². The Morgan fingerprint density at radius 2 is 1.86 bits per heavy atom. The average Bonchev–Trinajstić information content (AvgIpc) is 3.03. The lowest BCUT2D eigenvalue weighted by molar-refractivity contribution is 0.328. The van der Waals surface area contributed by atoms with E-state index in [0.717, 1.165) is 12.1 Å². The van der Waals surface area contributed by atoms with Crippen molar-refractivity contribution < 1.29 is 0 Å². The van der Waals surface area contributed by atoms with E-state index in [1.54, 1.807) is 0 Å². The van der Waals surface area contributed by atoms with Gasteiger partial charge < -0.3 is 0 Å². The second kappa shape index (κ2) is 7.13. The van der Waals surface area contributed by atoms with E-state index in [1.165, 1.54) is 37.7 Å². The molecule has 1 aromatic heterocycles. The van der Waals surface area contributed by atoms with Crippen LogP contribution in [0.15, 0.2) is 42.6 Å². The monoisotopic (exact) mass is 302 g/mol. The van der Waals surface area contributed by atoms with Gasteiger partial charge in [0.05, 0.1) is 11.7 Å². The zero-order chi connectivity index (χ0) is 14.5. The second-order valence-electron chi connectivity index (χ2n) is 6.04. The Balaban J connectivity index is 1.68. The minimum Gasteiger partial charge on any atom is -0.269 e. The molecule has 3 rings (SSSR count). The van der Waals surface area contributed by atoms with Gasteiger partial charge in [0.1, 0.15) is 0 Å². The third kappa shape index (κ3) is 3.68. The van der Waals surface area contributed by atoms with Gasteiger partial charge in [-0.15, -0.1) is 11.6 Å². The van der Waals surface area contributed by atoms with Gasteiger partial charge in [0.2, 0.25) is 0 Å². The van der Waals surface area contributed by atoms with Gasteiger partial charge in [0, 0.05) is 18.0 Å². The van der Waals surface area contributed by atoms with Crippen LogP contribution in [0.3, 0.4) is 0 Å². The zero-order valence-corrected chi connectivity index (χ0v) is 13.2. The fraction of sp³-hybridized carbons (Fsp3) is 0.500. The molecule has 0 saturated heterocycles. The van der Waals surface area contributed by atoms with Crippen LogP contribution in [-0.2, 0) is 6.42 Å². The highest BCUT2D eigenvalue weighted by molar-refractivity contribution is 6.18. The first-order valence-electron chi connectivity index (χ1n) is 8.02. The molecule has 1 aromatic carbocycles. The Hall–Kier alpha value is -1.28. The Kier molecular flexibility index (Phi) is 4.97. The van der Waals surface area contributed by atoms with Crippen molar-refractivity contribution in [3.63, 3.8) is 0 Å². The van der Waals surface area contributed by atoms with E-state index in [0.29, 0.717) is 17.8 Å². The summed E-state index contributed by atoms with van der Waals surface area (Å²) in [5.41, 5.74) is 2.47. The predicted octanol–water partition coefficient (Wildman–Crippen LogP) is 4.95. The quantitative estimate of drug-likeness (QED) is 0.714.